The topological polar surface area (TPSA) is 30.9 Å². The van der Waals surface area contributed by atoms with E-state index in [1.54, 1.807) is 18.2 Å². The van der Waals surface area contributed by atoms with Crippen LogP contribution in [0.25, 0.3) is 0 Å². The maximum absolute atomic E-state index is 13.8. The molecule has 2 aliphatic rings. The van der Waals surface area contributed by atoms with Crippen molar-refractivity contribution >= 4 is 0 Å². The average Bonchev–Trinajstić information content (AvgIpc) is 3.23. The van der Waals surface area contributed by atoms with Crippen molar-refractivity contribution in [2.45, 2.75) is 37.9 Å². The highest BCUT2D eigenvalue weighted by molar-refractivity contribution is 5.47. The Morgan fingerprint density at radius 2 is 1.66 bits per heavy atom. The van der Waals surface area contributed by atoms with Crippen LogP contribution in [0.2, 0.25) is 0 Å². The fourth-order valence-corrected chi connectivity index (χ4v) is 5.24. The third-order valence-corrected chi connectivity index (χ3v) is 6.99. The van der Waals surface area contributed by atoms with E-state index >= 15 is 0 Å². The van der Waals surface area contributed by atoms with Crippen molar-refractivity contribution in [3.63, 3.8) is 0 Å². The third-order valence-electron chi connectivity index (χ3n) is 6.99. The summed E-state index contributed by atoms with van der Waals surface area (Å²) in [5.74, 6) is 1.18. The Labute approximate surface area is 205 Å². The number of para-hydroxylation sites is 1. The van der Waals surface area contributed by atoms with Gasteiger partial charge in [0.25, 0.3) is 0 Å². The molecule has 0 radical (unpaired) electrons. The van der Waals surface area contributed by atoms with Gasteiger partial charge >= 0.3 is 0 Å². The highest BCUT2D eigenvalue weighted by Gasteiger charge is 2.41. The van der Waals surface area contributed by atoms with Gasteiger partial charge in [-0.1, -0.05) is 30.3 Å². The van der Waals surface area contributed by atoms with Crippen molar-refractivity contribution in [2.24, 2.45) is 0 Å². The predicted molar refractivity (Wildman–Crippen MR) is 131 cm³/mol. The largest absolute Gasteiger partial charge is 0.486 e. The highest BCUT2D eigenvalue weighted by Crippen LogP contribution is 2.45. The first-order chi connectivity index (χ1) is 17.0. The van der Waals surface area contributed by atoms with Crippen LogP contribution >= 0.6 is 0 Å². The van der Waals surface area contributed by atoms with E-state index in [4.69, 9.17) is 14.2 Å². The van der Waals surface area contributed by atoms with Crippen molar-refractivity contribution < 1.29 is 23.0 Å². The first-order valence-corrected chi connectivity index (χ1v) is 12.3. The second-order valence-corrected chi connectivity index (χ2v) is 9.38. The molecule has 3 aromatic rings. The van der Waals surface area contributed by atoms with E-state index in [2.05, 4.69) is 18.0 Å². The number of aryl methyl sites for hydroxylation is 1. The molecule has 1 atom stereocenters. The molecule has 0 saturated carbocycles. The molecule has 2 heterocycles. The van der Waals surface area contributed by atoms with Crippen LogP contribution in [0.4, 0.5) is 8.78 Å². The molecule has 0 aromatic heterocycles. The normalized spacial score (nSPS) is 18.6. The SMILES string of the molecule is CN(CCCc1cccc2c1OCCO2)CCCC1(c2ccc(F)cc2)OCc2cc(F)ccc21. The maximum atomic E-state index is 13.8. The Hall–Kier alpha value is -2.96. The number of ether oxygens (including phenoxy) is 3. The van der Waals surface area contributed by atoms with Gasteiger partial charge in [0.2, 0.25) is 0 Å². The molecule has 0 N–H and O–H groups in total. The van der Waals surface area contributed by atoms with Crippen LogP contribution in [-0.4, -0.2) is 38.3 Å². The number of benzene rings is 3. The molecule has 1 unspecified atom stereocenters. The minimum absolute atomic E-state index is 0.265. The van der Waals surface area contributed by atoms with Crippen molar-refractivity contribution in [2.75, 3.05) is 33.4 Å². The quantitative estimate of drug-likeness (QED) is 0.385. The van der Waals surface area contributed by atoms with Crippen LogP contribution in [0.3, 0.4) is 0 Å². The lowest BCUT2D eigenvalue weighted by Gasteiger charge is -2.31. The minimum Gasteiger partial charge on any atom is -0.486 e. The number of hydrogen-bond donors (Lipinski definition) is 0. The number of halogens is 2. The Morgan fingerprint density at radius 1 is 0.886 bits per heavy atom. The monoisotopic (exact) mass is 479 g/mol. The van der Waals surface area contributed by atoms with E-state index in [1.165, 1.54) is 23.8 Å². The molecule has 35 heavy (non-hydrogen) atoms. The Balaban J connectivity index is 1.20. The lowest BCUT2D eigenvalue weighted by atomic mass is 9.82. The highest BCUT2D eigenvalue weighted by atomic mass is 19.1. The molecule has 0 bridgehead atoms. The second kappa shape index (κ2) is 10.3. The second-order valence-electron chi connectivity index (χ2n) is 9.38. The van der Waals surface area contributed by atoms with Crippen LogP contribution in [0.5, 0.6) is 11.5 Å². The zero-order chi connectivity index (χ0) is 24.3. The van der Waals surface area contributed by atoms with E-state index in [1.807, 2.05) is 18.2 Å². The zero-order valence-corrected chi connectivity index (χ0v) is 20.1. The fourth-order valence-electron chi connectivity index (χ4n) is 5.24. The molecule has 0 amide bonds. The van der Waals surface area contributed by atoms with Gasteiger partial charge in [-0.2, -0.15) is 0 Å². The van der Waals surface area contributed by atoms with Gasteiger partial charge in [0.15, 0.2) is 11.5 Å². The third kappa shape index (κ3) is 5.04. The molecule has 0 spiro atoms. The van der Waals surface area contributed by atoms with Crippen LogP contribution < -0.4 is 9.47 Å². The van der Waals surface area contributed by atoms with Gasteiger partial charge in [-0.3, -0.25) is 0 Å². The Morgan fingerprint density at radius 3 is 2.51 bits per heavy atom. The van der Waals surface area contributed by atoms with Gasteiger partial charge in [-0.05, 0) is 98.4 Å². The van der Waals surface area contributed by atoms with E-state index < -0.39 is 5.60 Å². The molecular formula is C29H31F2NO3. The summed E-state index contributed by atoms with van der Waals surface area (Å²) in [5.41, 5.74) is 3.25. The molecule has 2 aliphatic heterocycles. The fraction of sp³-hybridized carbons (Fsp3) is 0.379. The summed E-state index contributed by atoms with van der Waals surface area (Å²) in [6.45, 7) is 3.40. The molecule has 0 aliphatic carbocycles. The Bertz CT molecular complexity index is 1170. The summed E-state index contributed by atoms with van der Waals surface area (Å²) in [6, 6.07) is 17.4. The van der Waals surface area contributed by atoms with Crippen LogP contribution in [0.15, 0.2) is 60.7 Å². The van der Waals surface area contributed by atoms with E-state index in [-0.39, 0.29) is 11.6 Å². The number of nitrogens with zero attached hydrogens (tertiary/aromatic N) is 1. The van der Waals surface area contributed by atoms with E-state index in [9.17, 15) is 8.78 Å². The van der Waals surface area contributed by atoms with Gasteiger partial charge in [-0.15, -0.1) is 0 Å². The van der Waals surface area contributed by atoms with Crippen LogP contribution in [0, 0.1) is 11.6 Å². The summed E-state index contributed by atoms with van der Waals surface area (Å²) >= 11 is 0. The van der Waals surface area contributed by atoms with Crippen molar-refractivity contribution in [1.82, 2.24) is 4.90 Å². The molecule has 0 fully saturated rings. The summed E-state index contributed by atoms with van der Waals surface area (Å²) in [5, 5.41) is 0. The zero-order valence-electron chi connectivity index (χ0n) is 20.1. The van der Waals surface area contributed by atoms with Gasteiger partial charge in [0.05, 0.1) is 6.61 Å². The molecule has 6 heteroatoms. The van der Waals surface area contributed by atoms with E-state index in [0.29, 0.717) is 19.8 Å². The molecule has 4 nitrogen and oxygen atoms in total. The molecular weight excluding hydrogens is 448 g/mol. The number of fused-ring (bicyclic) bond motifs is 2. The van der Waals surface area contributed by atoms with Crippen molar-refractivity contribution in [3.05, 3.63) is 94.6 Å². The standard InChI is InChI=1S/C29H31F2NO3/c1-32(15-3-6-21-5-2-7-27-28(21)34-18-17-33-27)16-4-14-29(23-8-10-24(30)11-9-23)26-13-12-25(31)19-22(26)20-35-29/h2,5,7-13,19H,3-4,6,14-18,20H2,1H3. The first-order valence-electron chi connectivity index (χ1n) is 12.3. The molecule has 5 rings (SSSR count). The molecule has 184 valence electrons. The van der Waals surface area contributed by atoms with E-state index in [0.717, 1.165) is 67.0 Å². The lowest BCUT2D eigenvalue weighted by Crippen LogP contribution is -2.29. The Kier molecular flexibility index (Phi) is 7.02. The van der Waals surface area contributed by atoms with Gasteiger partial charge in [0, 0.05) is 0 Å². The predicted octanol–water partition coefficient (Wildman–Crippen LogP) is 5.85. The molecule has 3 aromatic carbocycles. The molecule has 0 saturated heterocycles. The van der Waals surface area contributed by atoms with Crippen molar-refractivity contribution in [1.29, 1.82) is 0 Å². The summed E-state index contributed by atoms with van der Waals surface area (Å²) < 4.78 is 45.3. The first kappa shape index (κ1) is 23.8. The smallest absolute Gasteiger partial charge is 0.164 e. The summed E-state index contributed by atoms with van der Waals surface area (Å²) in [4.78, 5) is 2.33. The van der Waals surface area contributed by atoms with Gasteiger partial charge in [0.1, 0.15) is 30.4 Å². The lowest BCUT2D eigenvalue weighted by molar-refractivity contribution is -0.0142. The van der Waals surface area contributed by atoms with Crippen LogP contribution in [-0.2, 0) is 23.4 Å². The average molecular weight is 480 g/mol. The number of hydrogen-bond acceptors (Lipinski definition) is 4. The van der Waals surface area contributed by atoms with Crippen LogP contribution in [0.1, 0.15) is 41.5 Å². The van der Waals surface area contributed by atoms with Crippen molar-refractivity contribution in [3.8, 4) is 11.5 Å². The summed E-state index contributed by atoms with van der Waals surface area (Å²) in [6.07, 6.45) is 3.57. The number of rotatable bonds is 9. The minimum atomic E-state index is -0.683. The summed E-state index contributed by atoms with van der Waals surface area (Å²) in [7, 11) is 2.13. The van der Waals surface area contributed by atoms with Gasteiger partial charge < -0.3 is 19.1 Å². The van der Waals surface area contributed by atoms with Gasteiger partial charge in [-0.25, -0.2) is 8.78 Å². The maximum Gasteiger partial charge on any atom is 0.164 e.